The van der Waals surface area contributed by atoms with E-state index in [1.807, 2.05) is 6.07 Å². The number of hydrogen-bond donors (Lipinski definition) is 2. The lowest BCUT2D eigenvalue weighted by Gasteiger charge is -2.40. The molecular formula is C26H31F3N4O2. The SMILES string of the molecule is CC(C)C[C@@H](C(N)=O)N([C@@H](c1ccc(-c2ccc(C(C)(C)O)cc2)cn1)C(F)(F)F)C1(C#N)CC1. The minimum Gasteiger partial charge on any atom is -0.386 e. The number of pyridine rings is 1. The number of nitrogens with two attached hydrogens (primary N) is 1. The molecule has 2 atom stereocenters. The van der Waals surface area contributed by atoms with E-state index in [4.69, 9.17) is 5.73 Å². The number of aliphatic hydroxyl groups is 1. The summed E-state index contributed by atoms with van der Waals surface area (Å²) in [4.78, 5) is 17.4. The smallest absolute Gasteiger partial charge is 0.386 e. The monoisotopic (exact) mass is 488 g/mol. The topological polar surface area (TPSA) is 103 Å². The molecule has 2 aromatic rings. The lowest BCUT2D eigenvalue weighted by atomic mass is 9.94. The third kappa shape index (κ3) is 5.82. The van der Waals surface area contributed by atoms with Crippen LogP contribution >= 0.6 is 0 Å². The summed E-state index contributed by atoms with van der Waals surface area (Å²) in [6, 6.07) is 8.32. The number of primary amides is 1. The first-order valence-corrected chi connectivity index (χ1v) is 11.5. The van der Waals surface area contributed by atoms with Crippen molar-refractivity contribution in [2.75, 3.05) is 0 Å². The number of carbonyl (C=O) groups is 1. The van der Waals surface area contributed by atoms with Gasteiger partial charge in [-0.05, 0) is 56.2 Å². The summed E-state index contributed by atoms with van der Waals surface area (Å²) >= 11 is 0. The van der Waals surface area contributed by atoms with E-state index in [0.717, 1.165) is 10.5 Å². The minimum atomic E-state index is -4.79. The minimum absolute atomic E-state index is 0.0942. The number of aromatic nitrogens is 1. The van der Waals surface area contributed by atoms with Crippen LogP contribution in [0.3, 0.4) is 0 Å². The van der Waals surface area contributed by atoms with Gasteiger partial charge in [-0.15, -0.1) is 0 Å². The average molecular weight is 489 g/mol. The zero-order valence-corrected chi connectivity index (χ0v) is 20.3. The van der Waals surface area contributed by atoms with Gasteiger partial charge in [0.25, 0.3) is 0 Å². The number of halogens is 3. The van der Waals surface area contributed by atoms with Crippen molar-refractivity contribution in [3.8, 4) is 17.2 Å². The van der Waals surface area contributed by atoms with E-state index in [1.54, 1.807) is 52.0 Å². The van der Waals surface area contributed by atoms with Gasteiger partial charge in [0, 0.05) is 11.8 Å². The molecule has 0 bridgehead atoms. The van der Waals surface area contributed by atoms with Gasteiger partial charge < -0.3 is 10.8 Å². The quantitative estimate of drug-likeness (QED) is 0.526. The third-order valence-corrected chi connectivity index (χ3v) is 6.36. The Morgan fingerprint density at radius 2 is 1.74 bits per heavy atom. The first kappa shape index (κ1) is 26.6. The van der Waals surface area contributed by atoms with E-state index >= 15 is 0 Å². The molecule has 1 aromatic carbocycles. The van der Waals surface area contributed by atoms with E-state index in [0.29, 0.717) is 11.1 Å². The second-order valence-corrected chi connectivity index (χ2v) is 10.2. The summed E-state index contributed by atoms with van der Waals surface area (Å²) in [5.74, 6) is -1.00. The average Bonchev–Trinajstić information content (AvgIpc) is 3.56. The Morgan fingerprint density at radius 3 is 2.11 bits per heavy atom. The van der Waals surface area contributed by atoms with Crippen molar-refractivity contribution in [2.24, 2.45) is 11.7 Å². The first-order chi connectivity index (χ1) is 16.2. The number of hydrogen-bond acceptors (Lipinski definition) is 5. The van der Waals surface area contributed by atoms with Crippen LogP contribution in [0.4, 0.5) is 13.2 Å². The van der Waals surface area contributed by atoms with Crippen LogP contribution in [0.25, 0.3) is 11.1 Å². The number of carbonyl (C=O) groups excluding carboxylic acids is 1. The van der Waals surface area contributed by atoms with Gasteiger partial charge in [-0.1, -0.05) is 44.2 Å². The molecule has 1 aromatic heterocycles. The Kier molecular flexibility index (Phi) is 7.30. The fourth-order valence-corrected chi connectivity index (χ4v) is 4.36. The lowest BCUT2D eigenvalue weighted by molar-refractivity contribution is -0.201. The van der Waals surface area contributed by atoms with Crippen LogP contribution in [0.2, 0.25) is 0 Å². The number of rotatable bonds is 9. The predicted molar refractivity (Wildman–Crippen MR) is 126 cm³/mol. The largest absolute Gasteiger partial charge is 0.409 e. The van der Waals surface area contributed by atoms with Gasteiger partial charge in [0.15, 0.2) is 6.04 Å². The standard InChI is InChI=1S/C26H31F3N4O2/c1-16(2)13-21(23(31)34)33(25(15-30)11-12-25)22(26(27,28)29)20-10-7-18(14-32-20)17-5-8-19(9-6-17)24(3,4)35/h5-10,14,16,21-22,35H,11-13H2,1-4H3,(H2,31,34)/t21-,22-/m0/s1. The summed E-state index contributed by atoms with van der Waals surface area (Å²) in [6.07, 6.45) is -2.90. The molecule has 0 saturated heterocycles. The number of alkyl halides is 3. The van der Waals surface area contributed by atoms with Gasteiger partial charge in [0.05, 0.1) is 23.4 Å². The summed E-state index contributed by atoms with van der Waals surface area (Å²) in [6.45, 7) is 6.90. The number of nitrogens with zero attached hydrogens (tertiary/aromatic N) is 3. The fraction of sp³-hybridized carbons (Fsp3) is 0.500. The first-order valence-electron chi connectivity index (χ1n) is 11.5. The molecule has 1 amide bonds. The van der Waals surface area contributed by atoms with E-state index in [1.165, 1.54) is 18.3 Å². The van der Waals surface area contributed by atoms with E-state index in [9.17, 15) is 28.3 Å². The number of nitriles is 1. The zero-order chi connectivity index (χ0) is 26.2. The highest BCUT2D eigenvalue weighted by Gasteiger charge is 2.61. The number of amides is 1. The molecule has 0 unspecified atom stereocenters. The molecule has 1 aliphatic carbocycles. The van der Waals surface area contributed by atoms with E-state index < -0.39 is 35.3 Å². The molecule has 1 heterocycles. The van der Waals surface area contributed by atoms with Gasteiger partial charge in [-0.2, -0.15) is 18.4 Å². The molecule has 0 radical (unpaired) electrons. The molecule has 0 spiro atoms. The van der Waals surface area contributed by atoms with E-state index in [-0.39, 0.29) is 30.9 Å². The Balaban J connectivity index is 2.04. The highest BCUT2D eigenvalue weighted by atomic mass is 19.4. The summed E-state index contributed by atoms with van der Waals surface area (Å²) < 4.78 is 43.6. The second kappa shape index (κ2) is 9.59. The van der Waals surface area contributed by atoms with Crippen molar-refractivity contribution in [3.05, 3.63) is 53.9 Å². The summed E-state index contributed by atoms with van der Waals surface area (Å²) in [5, 5.41) is 19.9. The van der Waals surface area contributed by atoms with Gasteiger partial charge in [0.2, 0.25) is 5.91 Å². The molecule has 1 aliphatic rings. The molecule has 6 nitrogen and oxygen atoms in total. The van der Waals surface area contributed by atoms with Crippen LogP contribution in [-0.2, 0) is 10.4 Å². The summed E-state index contributed by atoms with van der Waals surface area (Å²) in [7, 11) is 0. The Morgan fingerprint density at radius 1 is 1.17 bits per heavy atom. The molecule has 1 fully saturated rings. The fourth-order valence-electron chi connectivity index (χ4n) is 4.36. The molecule has 3 N–H and O–H groups in total. The van der Waals surface area contributed by atoms with Crippen LogP contribution in [0, 0.1) is 17.2 Å². The van der Waals surface area contributed by atoms with Crippen molar-refractivity contribution in [2.45, 2.75) is 76.4 Å². The van der Waals surface area contributed by atoms with Crippen molar-refractivity contribution in [1.29, 1.82) is 5.26 Å². The normalized spacial score (nSPS) is 17.2. The maximum absolute atomic E-state index is 14.5. The van der Waals surface area contributed by atoms with Crippen molar-refractivity contribution in [1.82, 2.24) is 9.88 Å². The van der Waals surface area contributed by atoms with Gasteiger partial charge >= 0.3 is 6.18 Å². The van der Waals surface area contributed by atoms with Crippen LogP contribution in [0.15, 0.2) is 42.6 Å². The predicted octanol–water partition coefficient (Wildman–Crippen LogP) is 4.84. The van der Waals surface area contributed by atoms with Crippen molar-refractivity contribution < 1.29 is 23.1 Å². The Labute approximate surface area is 203 Å². The molecule has 188 valence electrons. The highest BCUT2D eigenvalue weighted by Crippen LogP contribution is 2.51. The van der Waals surface area contributed by atoms with Crippen molar-refractivity contribution in [3.63, 3.8) is 0 Å². The van der Waals surface area contributed by atoms with Crippen LogP contribution in [0.1, 0.15) is 64.3 Å². The van der Waals surface area contributed by atoms with Crippen LogP contribution in [0.5, 0.6) is 0 Å². The Bertz CT molecular complexity index is 1080. The maximum Gasteiger partial charge on any atom is 0.409 e. The molecule has 3 rings (SSSR count). The van der Waals surface area contributed by atoms with Gasteiger partial charge in [0.1, 0.15) is 5.54 Å². The van der Waals surface area contributed by atoms with Gasteiger partial charge in [-0.25, -0.2) is 0 Å². The third-order valence-electron chi connectivity index (χ3n) is 6.36. The van der Waals surface area contributed by atoms with Crippen LogP contribution in [-0.4, -0.2) is 38.7 Å². The van der Waals surface area contributed by atoms with E-state index in [2.05, 4.69) is 4.98 Å². The van der Waals surface area contributed by atoms with Gasteiger partial charge in [-0.3, -0.25) is 14.7 Å². The molecule has 35 heavy (non-hydrogen) atoms. The molecule has 0 aliphatic heterocycles. The van der Waals surface area contributed by atoms with Crippen LogP contribution < -0.4 is 5.73 Å². The lowest BCUT2D eigenvalue weighted by Crippen LogP contribution is -2.56. The molecular weight excluding hydrogens is 457 g/mol. The highest BCUT2D eigenvalue weighted by molar-refractivity contribution is 5.80. The molecule has 1 saturated carbocycles. The number of benzene rings is 1. The Hall–Kier alpha value is -2.96. The summed E-state index contributed by atoms with van der Waals surface area (Å²) in [5.41, 5.74) is 4.86. The zero-order valence-electron chi connectivity index (χ0n) is 20.3. The molecule has 9 heteroatoms. The maximum atomic E-state index is 14.5. The second-order valence-electron chi connectivity index (χ2n) is 10.2. The van der Waals surface area contributed by atoms with Crippen molar-refractivity contribution >= 4 is 5.91 Å².